The van der Waals surface area contributed by atoms with Gasteiger partial charge in [-0.3, -0.25) is 4.90 Å². The topological polar surface area (TPSA) is 47.6 Å². The highest BCUT2D eigenvalue weighted by Crippen LogP contribution is 2.25. The van der Waals surface area contributed by atoms with Gasteiger partial charge in [0.1, 0.15) is 0 Å². The van der Waals surface area contributed by atoms with E-state index in [1.807, 2.05) is 6.92 Å². The summed E-state index contributed by atoms with van der Waals surface area (Å²) in [5, 5.41) is 6.07. The SMILES string of the molecule is CCC(C)NC(=O)NCC(c1ccc(N(C)C)cc1)N1CCCCC1. The molecule has 140 valence electrons. The van der Waals surface area contributed by atoms with Gasteiger partial charge < -0.3 is 15.5 Å². The number of hydrogen-bond donors (Lipinski definition) is 2. The van der Waals surface area contributed by atoms with Crippen molar-refractivity contribution in [3.05, 3.63) is 29.8 Å². The normalized spacial score (nSPS) is 17.6. The molecule has 2 atom stereocenters. The number of carbonyl (C=O) groups is 1. The quantitative estimate of drug-likeness (QED) is 0.796. The molecule has 1 aromatic carbocycles. The van der Waals surface area contributed by atoms with Crippen LogP contribution in [0.1, 0.15) is 51.1 Å². The second-order valence-corrected chi connectivity index (χ2v) is 7.26. The van der Waals surface area contributed by atoms with E-state index in [9.17, 15) is 4.79 Å². The van der Waals surface area contributed by atoms with Gasteiger partial charge in [-0.05, 0) is 57.0 Å². The summed E-state index contributed by atoms with van der Waals surface area (Å²) < 4.78 is 0. The van der Waals surface area contributed by atoms with Crippen LogP contribution in [0.2, 0.25) is 0 Å². The van der Waals surface area contributed by atoms with Gasteiger partial charge in [0.25, 0.3) is 0 Å². The Hall–Kier alpha value is -1.75. The van der Waals surface area contributed by atoms with Crippen molar-refractivity contribution in [3.63, 3.8) is 0 Å². The molecule has 5 heteroatoms. The Balaban J connectivity index is 2.06. The van der Waals surface area contributed by atoms with Crippen molar-refractivity contribution in [2.45, 2.75) is 51.6 Å². The fraction of sp³-hybridized carbons (Fsp3) is 0.650. The first-order valence-electron chi connectivity index (χ1n) is 9.57. The van der Waals surface area contributed by atoms with Crippen LogP contribution in [0.25, 0.3) is 0 Å². The van der Waals surface area contributed by atoms with Gasteiger partial charge in [-0.1, -0.05) is 25.5 Å². The van der Waals surface area contributed by atoms with Crippen LogP contribution in [0.5, 0.6) is 0 Å². The van der Waals surface area contributed by atoms with E-state index in [1.165, 1.54) is 30.5 Å². The summed E-state index contributed by atoms with van der Waals surface area (Å²) in [4.78, 5) is 16.7. The molecule has 1 aliphatic rings. The number of amides is 2. The summed E-state index contributed by atoms with van der Waals surface area (Å²) in [5.74, 6) is 0. The maximum Gasteiger partial charge on any atom is 0.315 e. The van der Waals surface area contributed by atoms with Crippen LogP contribution in [0.3, 0.4) is 0 Å². The Morgan fingerprint density at radius 2 is 1.80 bits per heavy atom. The Bertz CT molecular complexity index is 523. The minimum absolute atomic E-state index is 0.0683. The minimum Gasteiger partial charge on any atom is -0.378 e. The van der Waals surface area contributed by atoms with E-state index in [0.29, 0.717) is 6.54 Å². The van der Waals surface area contributed by atoms with Gasteiger partial charge in [0.05, 0.1) is 6.04 Å². The molecule has 2 rings (SSSR count). The first-order valence-corrected chi connectivity index (χ1v) is 9.57. The Labute approximate surface area is 152 Å². The maximum atomic E-state index is 12.1. The lowest BCUT2D eigenvalue weighted by Crippen LogP contribution is -2.45. The molecule has 0 aromatic heterocycles. The van der Waals surface area contributed by atoms with Crippen LogP contribution in [-0.4, -0.2) is 50.7 Å². The lowest BCUT2D eigenvalue weighted by molar-refractivity contribution is 0.160. The Morgan fingerprint density at radius 3 is 2.36 bits per heavy atom. The first-order chi connectivity index (χ1) is 12.0. The van der Waals surface area contributed by atoms with Crippen molar-refractivity contribution < 1.29 is 4.79 Å². The zero-order valence-corrected chi connectivity index (χ0v) is 16.2. The smallest absolute Gasteiger partial charge is 0.315 e. The third kappa shape index (κ3) is 5.92. The van der Waals surface area contributed by atoms with E-state index in [4.69, 9.17) is 0 Å². The van der Waals surface area contributed by atoms with Crippen LogP contribution >= 0.6 is 0 Å². The van der Waals surface area contributed by atoms with E-state index in [-0.39, 0.29) is 18.1 Å². The molecule has 1 heterocycles. The van der Waals surface area contributed by atoms with Crippen molar-refractivity contribution in [2.24, 2.45) is 0 Å². The third-order valence-corrected chi connectivity index (χ3v) is 5.07. The van der Waals surface area contributed by atoms with Gasteiger partial charge >= 0.3 is 6.03 Å². The van der Waals surface area contributed by atoms with Crippen LogP contribution in [0.4, 0.5) is 10.5 Å². The highest BCUT2D eigenvalue weighted by atomic mass is 16.2. The van der Waals surface area contributed by atoms with Gasteiger partial charge in [0, 0.05) is 32.4 Å². The molecule has 1 aromatic rings. The molecule has 2 amide bonds. The Morgan fingerprint density at radius 1 is 1.16 bits per heavy atom. The van der Waals surface area contributed by atoms with E-state index >= 15 is 0 Å². The van der Waals surface area contributed by atoms with Crippen molar-refractivity contribution in [1.29, 1.82) is 0 Å². The number of urea groups is 1. The fourth-order valence-corrected chi connectivity index (χ4v) is 3.25. The summed E-state index contributed by atoms with van der Waals surface area (Å²) in [5.41, 5.74) is 2.47. The second-order valence-electron chi connectivity index (χ2n) is 7.26. The third-order valence-electron chi connectivity index (χ3n) is 5.07. The number of carbonyl (C=O) groups excluding carboxylic acids is 1. The van der Waals surface area contributed by atoms with Crippen LogP contribution in [-0.2, 0) is 0 Å². The first kappa shape index (κ1) is 19.6. The highest BCUT2D eigenvalue weighted by molar-refractivity contribution is 5.74. The highest BCUT2D eigenvalue weighted by Gasteiger charge is 2.23. The summed E-state index contributed by atoms with van der Waals surface area (Å²) in [6.45, 7) is 6.96. The van der Waals surface area contributed by atoms with Crippen LogP contribution < -0.4 is 15.5 Å². The van der Waals surface area contributed by atoms with Crippen molar-refractivity contribution in [2.75, 3.05) is 38.6 Å². The van der Waals surface area contributed by atoms with E-state index in [1.54, 1.807) is 0 Å². The van der Waals surface area contributed by atoms with Crippen molar-refractivity contribution in [3.8, 4) is 0 Å². The molecular formula is C20H34N4O. The van der Waals surface area contributed by atoms with Gasteiger partial charge in [-0.25, -0.2) is 4.79 Å². The number of nitrogens with one attached hydrogen (secondary N) is 2. The summed E-state index contributed by atoms with van der Waals surface area (Å²) in [6, 6.07) is 9.08. The monoisotopic (exact) mass is 346 g/mol. The molecule has 25 heavy (non-hydrogen) atoms. The van der Waals surface area contributed by atoms with Gasteiger partial charge in [0.15, 0.2) is 0 Å². The zero-order chi connectivity index (χ0) is 18.2. The van der Waals surface area contributed by atoms with Crippen molar-refractivity contribution in [1.82, 2.24) is 15.5 Å². The number of likely N-dealkylation sites (tertiary alicyclic amines) is 1. The minimum atomic E-state index is -0.0683. The number of nitrogens with zero attached hydrogens (tertiary/aromatic N) is 2. The molecular weight excluding hydrogens is 312 g/mol. The molecule has 2 unspecified atom stereocenters. The van der Waals surface area contributed by atoms with Gasteiger partial charge in [-0.15, -0.1) is 0 Å². The van der Waals surface area contributed by atoms with E-state index < -0.39 is 0 Å². The lowest BCUT2D eigenvalue weighted by atomic mass is 10.0. The molecule has 0 spiro atoms. The molecule has 0 bridgehead atoms. The molecule has 1 saturated heterocycles. The number of piperidine rings is 1. The molecule has 5 nitrogen and oxygen atoms in total. The fourth-order valence-electron chi connectivity index (χ4n) is 3.25. The lowest BCUT2D eigenvalue weighted by Gasteiger charge is -2.35. The standard InChI is InChI=1S/C20H34N4O/c1-5-16(2)22-20(25)21-15-19(24-13-7-6-8-14-24)17-9-11-18(12-10-17)23(3)4/h9-12,16,19H,5-8,13-15H2,1-4H3,(H2,21,22,25). The Kier molecular flexibility index (Phi) is 7.56. The molecule has 0 saturated carbocycles. The van der Waals surface area contributed by atoms with Crippen LogP contribution in [0, 0.1) is 0 Å². The molecule has 1 aliphatic heterocycles. The average Bonchev–Trinajstić information content (AvgIpc) is 2.63. The number of rotatable bonds is 7. The predicted molar refractivity (Wildman–Crippen MR) is 105 cm³/mol. The summed E-state index contributed by atoms with van der Waals surface area (Å²) in [6.07, 6.45) is 4.73. The van der Waals surface area contributed by atoms with Gasteiger partial charge in [0.2, 0.25) is 0 Å². The average molecular weight is 347 g/mol. The van der Waals surface area contributed by atoms with Gasteiger partial charge in [-0.2, -0.15) is 0 Å². The number of hydrogen-bond acceptors (Lipinski definition) is 3. The number of benzene rings is 1. The van der Waals surface area contributed by atoms with E-state index in [0.717, 1.165) is 19.5 Å². The molecule has 0 radical (unpaired) electrons. The number of anilines is 1. The maximum absolute atomic E-state index is 12.1. The summed E-state index contributed by atoms with van der Waals surface area (Å²) >= 11 is 0. The molecule has 2 N–H and O–H groups in total. The van der Waals surface area contributed by atoms with E-state index in [2.05, 4.69) is 65.7 Å². The zero-order valence-electron chi connectivity index (χ0n) is 16.2. The molecule has 0 aliphatic carbocycles. The predicted octanol–water partition coefficient (Wildman–Crippen LogP) is 3.38. The largest absolute Gasteiger partial charge is 0.378 e. The van der Waals surface area contributed by atoms with Crippen molar-refractivity contribution >= 4 is 11.7 Å². The molecule has 1 fully saturated rings. The van der Waals surface area contributed by atoms with Crippen LogP contribution in [0.15, 0.2) is 24.3 Å². The second kappa shape index (κ2) is 9.66. The summed E-state index contributed by atoms with van der Waals surface area (Å²) in [7, 11) is 4.11.